The van der Waals surface area contributed by atoms with Crippen molar-refractivity contribution in [2.75, 3.05) is 20.2 Å². The molecular weight excluding hydrogens is 274 g/mol. The van der Waals surface area contributed by atoms with E-state index in [1.54, 1.807) is 31.4 Å². The maximum atomic E-state index is 12.4. The van der Waals surface area contributed by atoms with Crippen LogP contribution in [0.1, 0.15) is 12.8 Å². The highest BCUT2D eigenvalue weighted by atomic mass is 35.5. The summed E-state index contributed by atoms with van der Waals surface area (Å²) < 4.78 is 31.5. The third-order valence-electron chi connectivity index (χ3n) is 3.19. The molecule has 2 rings (SSSR count). The highest BCUT2D eigenvalue weighted by molar-refractivity contribution is 7.89. The number of halogens is 1. The van der Waals surface area contributed by atoms with Gasteiger partial charge in [-0.15, -0.1) is 0 Å². The van der Waals surface area contributed by atoms with Crippen LogP contribution in [0, 0.1) is 0 Å². The Balaban J connectivity index is 2.20. The molecule has 6 heteroatoms. The molecule has 0 atom stereocenters. The first-order valence-corrected chi connectivity index (χ1v) is 7.65. The number of hydrogen-bond acceptors (Lipinski definition) is 3. The first kappa shape index (κ1) is 13.8. The average molecular weight is 290 g/mol. The minimum absolute atomic E-state index is 0.155. The van der Waals surface area contributed by atoms with Gasteiger partial charge in [0.2, 0.25) is 10.0 Å². The molecule has 1 aromatic carbocycles. The molecule has 0 N–H and O–H groups in total. The fourth-order valence-electron chi connectivity index (χ4n) is 2.10. The number of ether oxygens (including phenoxy) is 1. The van der Waals surface area contributed by atoms with Crippen LogP contribution in [0.25, 0.3) is 0 Å². The van der Waals surface area contributed by atoms with E-state index in [2.05, 4.69) is 0 Å². The molecule has 1 aliphatic rings. The summed E-state index contributed by atoms with van der Waals surface area (Å²) >= 11 is 5.95. The van der Waals surface area contributed by atoms with Crippen LogP contribution in [0.3, 0.4) is 0 Å². The summed E-state index contributed by atoms with van der Waals surface area (Å²) in [6, 6.07) is 6.54. The Kier molecular flexibility index (Phi) is 4.27. The number of benzene rings is 1. The zero-order chi connectivity index (χ0) is 13.2. The highest BCUT2D eigenvalue weighted by Gasteiger charge is 2.30. The van der Waals surface area contributed by atoms with E-state index in [-0.39, 0.29) is 16.0 Å². The van der Waals surface area contributed by atoms with Gasteiger partial charge in [0.1, 0.15) is 4.90 Å². The van der Waals surface area contributed by atoms with Crippen LogP contribution < -0.4 is 0 Å². The molecule has 4 nitrogen and oxygen atoms in total. The van der Waals surface area contributed by atoms with Gasteiger partial charge in [-0.3, -0.25) is 0 Å². The fourth-order valence-corrected chi connectivity index (χ4v) is 4.06. The van der Waals surface area contributed by atoms with Gasteiger partial charge in [-0.05, 0) is 25.0 Å². The van der Waals surface area contributed by atoms with Crippen molar-refractivity contribution in [1.82, 2.24) is 4.31 Å². The van der Waals surface area contributed by atoms with Crippen molar-refractivity contribution in [2.45, 2.75) is 23.8 Å². The van der Waals surface area contributed by atoms with Gasteiger partial charge in [0.15, 0.2) is 0 Å². The minimum Gasteiger partial charge on any atom is -0.381 e. The molecule has 1 aliphatic heterocycles. The summed E-state index contributed by atoms with van der Waals surface area (Å²) in [5, 5.41) is 0.270. The monoisotopic (exact) mass is 289 g/mol. The van der Waals surface area contributed by atoms with Crippen molar-refractivity contribution in [1.29, 1.82) is 0 Å². The lowest BCUT2D eigenvalue weighted by molar-refractivity contribution is 0.0604. The van der Waals surface area contributed by atoms with Crippen molar-refractivity contribution < 1.29 is 13.2 Å². The normalized spacial score (nSPS) is 19.0. The van der Waals surface area contributed by atoms with E-state index in [9.17, 15) is 8.42 Å². The van der Waals surface area contributed by atoms with Crippen molar-refractivity contribution >= 4 is 21.6 Å². The predicted molar refractivity (Wildman–Crippen MR) is 70.2 cm³/mol. The third kappa shape index (κ3) is 2.69. The molecule has 0 radical (unpaired) electrons. The lowest BCUT2D eigenvalue weighted by atomic mass is 10.1. The molecule has 0 bridgehead atoms. The Morgan fingerprint density at radius 3 is 2.44 bits per heavy atom. The Bertz CT molecular complexity index is 510. The Hall–Kier alpha value is -0.620. The molecule has 0 aliphatic carbocycles. The quantitative estimate of drug-likeness (QED) is 0.856. The van der Waals surface area contributed by atoms with Crippen molar-refractivity contribution in [3.05, 3.63) is 29.3 Å². The van der Waals surface area contributed by atoms with Gasteiger partial charge in [0, 0.05) is 20.2 Å². The molecule has 0 saturated carbocycles. The average Bonchev–Trinajstić information content (AvgIpc) is 2.39. The van der Waals surface area contributed by atoms with Gasteiger partial charge < -0.3 is 4.74 Å². The first-order valence-electron chi connectivity index (χ1n) is 5.83. The van der Waals surface area contributed by atoms with E-state index in [4.69, 9.17) is 16.3 Å². The maximum absolute atomic E-state index is 12.4. The second-order valence-electron chi connectivity index (χ2n) is 4.27. The first-order chi connectivity index (χ1) is 8.55. The molecule has 1 fully saturated rings. The molecule has 0 unspecified atom stereocenters. The zero-order valence-electron chi connectivity index (χ0n) is 10.2. The van der Waals surface area contributed by atoms with Crippen LogP contribution >= 0.6 is 11.6 Å². The summed E-state index contributed by atoms with van der Waals surface area (Å²) in [4.78, 5) is 0.183. The summed E-state index contributed by atoms with van der Waals surface area (Å²) in [5.41, 5.74) is 0. The molecule has 1 heterocycles. The topological polar surface area (TPSA) is 46.6 Å². The molecular formula is C12H16ClNO3S. The fraction of sp³-hybridized carbons (Fsp3) is 0.500. The number of methoxy groups -OCH3 is 1. The maximum Gasteiger partial charge on any atom is 0.244 e. The number of nitrogens with zero attached hydrogens (tertiary/aromatic N) is 1. The van der Waals surface area contributed by atoms with Crippen molar-refractivity contribution in [3.63, 3.8) is 0 Å². The van der Waals surface area contributed by atoms with Crippen LogP contribution in [0.5, 0.6) is 0 Å². The Morgan fingerprint density at radius 2 is 1.89 bits per heavy atom. The minimum atomic E-state index is -3.48. The van der Waals surface area contributed by atoms with Gasteiger partial charge in [-0.2, -0.15) is 4.31 Å². The van der Waals surface area contributed by atoms with Crippen LogP contribution in [0.15, 0.2) is 29.2 Å². The van der Waals surface area contributed by atoms with Gasteiger partial charge in [-0.25, -0.2) is 8.42 Å². The Morgan fingerprint density at radius 1 is 1.28 bits per heavy atom. The molecule has 18 heavy (non-hydrogen) atoms. The summed E-state index contributed by atoms with van der Waals surface area (Å²) in [6.45, 7) is 0.956. The van der Waals surface area contributed by atoms with Crippen LogP contribution in [0.4, 0.5) is 0 Å². The number of sulfonamides is 1. The largest absolute Gasteiger partial charge is 0.381 e. The summed E-state index contributed by atoms with van der Waals surface area (Å²) in [6.07, 6.45) is 1.60. The van der Waals surface area contributed by atoms with E-state index in [0.29, 0.717) is 13.1 Å². The van der Waals surface area contributed by atoms with E-state index in [0.717, 1.165) is 12.8 Å². The summed E-state index contributed by atoms with van der Waals surface area (Å²) in [5.74, 6) is 0. The van der Waals surface area contributed by atoms with Gasteiger partial charge >= 0.3 is 0 Å². The van der Waals surface area contributed by atoms with E-state index in [1.165, 1.54) is 4.31 Å². The zero-order valence-corrected chi connectivity index (χ0v) is 11.7. The highest BCUT2D eigenvalue weighted by Crippen LogP contribution is 2.26. The van der Waals surface area contributed by atoms with E-state index in [1.807, 2.05) is 0 Å². The van der Waals surface area contributed by atoms with Crippen LogP contribution in [-0.2, 0) is 14.8 Å². The second-order valence-corrected chi connectivity index (χ2v) is 6.58. The standard InChI is InChI=1S/C12H16ClNO3S/c1-17-10-6-8-14(9-7-10)18(15,16)12-5-3-2-4-11(12)13/h2-5,10H,6-9H2,1H3. The molecule has 0 spiro atoms. The van der Waals surface area contributed by atoms with Crippen molar-refractivity contribution in [3.8, 4) is 0 Å². The lowest BCUT2D eigenvalue weighted by Crippen LogP contribution is -2.40. The van der Waals surface area contributed by atoms with E-state index >= 15 is 0 Å². The summed E-state index contributed by atoms with van der Waals surface area (Å²) in [7, 11) is -1.82. The van der Waals surface area contributed by atoms with Crippen molar-refractivity contribution in [2.24, 2.45) is 0 Å². The van der Waals surface area contributed by atoms with E-state index < -0.39 is 10.0 Å². The lowest BCUT2D eigenvalue weighted by Gasteiger charge is -2.30. The number of hydrogen-bond donors (Lipinski definition) is 0. The molecule has 0 amide bonds. The van der Waals surface area contributed by atoms with Gasteiger partial charge in [0.05, 0.1) is 11.1 Å². The number of piperidine rings is 1. The van der Waals surface area contributed by atoms with Crippen LogP contribution in [0.2, 0.25) is 5.02 Å². The predicted octanol–water partition coefficient (Wildman–Crippen LogP) is 2.14. The number of rotatable bonds is 3. The molecule has 100 valence electrons. The van der Waals surface area contributed by atoms with Gasteiger partial charge in [0.25, 0.3) is 0 Å². The Labute approximate surface area is 113 Å². The molecule has 1 saturated heterocycles. The second kappa shape index (κ2) is 5.57. The molecule has 1 aromatic rings. The van der Waals surface area contributed by atoms with Gasteiger partial charge in [-0.1, -0.05) is 23.7 Å². The SMILES string of the molecule is COC1CCN(S(=O)(=O)c2ccccc2Cl)CC1. The third-order valence-corrected chi connectivity index (χ3v) is 5.59. The molecule has 0 aromatic heterocycles. The van der Waals surface area contributed by atoms with Crippen LogP contribution in [-0.4, -0.2) is 39.0 Å². The smallest absolute Gasteiger partial charge is 0.244 e.